The fraction of sp³-hybridized carbons (Fsp3) is 1.00. The normalized spacial score (nSPS) is 27.0. The first-order chi connectivity index (χ1) is 7.11. The van der Waals surface area contributed by atoms with Gasteiger partial charge in [0, 0.05) is 23.2 Å². The molecule has 0 saturated carbocycles. The lowest BCUT2D eigenvalue weighted by Gasteiger charge is -2.47. The Labute approximate surface area is 102 Å². The van der Waals surface area contributed by atoms with Crippen molar-refractivity contribution in [2.75, 3.05) is 0 Å². The van der Waals surface area contributed by atoms with Gasteiger partial charge >= 0.3 is 0 Å². The van der Waals surface area contributed by atoms with E-state index in [4.69, 9.17) is 0 Å². The average molecular weight is 226 g/mol. The van der Waals surface area contributed by atoms with Crippen molar-refractivity contribution in [3.63, 3.8) is 0 Å². The van der Waals surface area contributed by atoms with Crippen LogP contribution in [-0.4, -0.2) is 23.2 Å². The summed E-state index contributed by atoms with van der Waals surface area (Å²) in [6.07, 6.45) is 2.43. The van der Waals surface area contributed by atoms with Gasteiger partial charge in [-0.25, -0.2) is 0 Å². The van der Waals surface area contributed by atoms with Crippen LogP contribution in [0.2, 0.25) is 0 Å². The second-order valence-corrected chi connectivity index (χ2v) is 7.20. The summed E-state index contributed by atoms with van der Waals surface area (Å²) in [4.78, 5) is 0. The zero-order valence-corrected chi connectivity index (χ0v) is 12.1. The highest BCUT2D eigenvalue weighted by atomic mass is 15.1. The van der Waals surface area contributed by atoms with E-state index in [0.717, 1.165) is 0 Å². The van der Waals surface area contributed by atoms with Crippen LogP contribution in [0, 0.1) is 5.92 Å². The topological polar surface area (TPSA) is 24.1 Å². The summed E-state index contributed by atoms with van der Waals surface area (Å²) in [7, 11) is 0. The fourth-order valence-electron chi connectivity index (χ4n) is 3.00. The van der Waals surface area contributed by atoms with E-state index in [9.17, 15) is 0 Å². The van der Waals surface area contributed by atoms with E-state index in [0.29, 0.717) is 18.0 Å². The van der Waals surface area contributed by atoms with Crippen LogP contribution in [0.1, 0.15) is 61.3 Å². The van der Waals surface area contributed by atoms with E-state index in [1.54, 1.807) is 0 Å². The van der Waals surface area contributed by atoms with Crippen LogP contribution in [0.3, 0.4) is 0 Å². The third-order valence-electron chi connectivity index (χ3n) is 3.69. The van der Waals surface area contributed by atoms with Gasteiger partial charge in [0.25, 0.3) is 0 Å². The molecule has 1 saturated heterocycles. The molecule has 1 unspecified atom stereocenters. The highest BCUT2D eigenvalue weighted by Crippen LogP contribution is 2.28. The summed E-state index contributed by atoms with van der Waals surface area (Å²) in [5.41, 5.74) is 0.492. The Morgan fingerprint density at radius 3 is 1.81 bits per heavy atom. The van der Waals surface area contributed by atoms with Gasteiger partial charge in [-0.05, 0) is 53.4 Å². The zero-order chi connectivity index (χ0) is 12.6. The second kappa shape index (κ2) is 4.66. The van der Waals surface area contributed by atoms with Gasteiger partial charge in [-0.2, -0.15) is 0 Å². The first-order valence-electron chi connectivity index (χ1n) is 6.67. The molecule has 0 aromatic rings. The minimum absolute atomic E-state index is 0.246. The molecular weight excluding hydrogens is 196 g/mol. The van der Waals surface area contributed by atoms with Gasteiger partial charge < -0.3 is 10.6 Å². The van der Waals surface area contributed by atoms with Gasteiger partial charge in [0.15, 0.2) is 0 Å². The molecule has 1 rings (SSSR count). The minimum atomic E-state index is 0.246. The van der Waals surface area contributed by atoms with Gasteiger partial charge in [-0.1, -0.05) is 13.8 Å². The molecule has 16 heavy (non-hydrogen) atoms. The van der Waals surface area contributed by atoms with Crippen molar-refractivity contribution in [2.45, 2.75) is 84.5 Å². The molecule has 2 N–H and O–H groups in total. The molecular formula is C14H30N2. The summed E-state index contributed by atoms with van der Waals surface area (Å²) in [6, 6.07) is 1.25. The molecule has 0 aromatic heterocycles. The Hall–Kier alpha value is -0.0800. The molecule has 1 heterocycles. The summed E-state index contributed by atoms with van der Waals surface area (Å²) >= 11 is 0. The smallest absolute Gasteiger partial charge is 0.0144 e. The van der Waals surface area contributed by atoms with E-state index in [-0.39, 0.29) is 11.1 Å². The van der Waals surface area contributed by atoms with Crippen LogP contribution in [0.4, 0.5) is 0 Å². The molecule has 1 aliphatic heterocycles. The summed E-state index contributed by atoms with van der Waals surface area (Å²) < 4.78 is 0. The molecule has 96 valence electrons. The standard InChI is InChI=1S/C14H30N2/c1-10(2)11(3)15-12-8-13(4,5)16-14(6,7)9-12/h10-12,15-16H,8-9H2,1-7H3. The van der Waals surface area contributed by atoms with Crippen LogP contribution in [-0.2, 0) is 0 Å². The molecule has 1 aliphatic rings. The molecule has 0 aromatic carbocycles. The molecule has 0 aliphatic carbocycles. The largest absolute Gasteiger partial charge is 0.311 e. The fourth-order valence-corrected chi connectivity index (χ4v) is 3.00. The predicted molar refractivity (Wildman–Crippen MR) is 71.8 cm³/mol. The first-order valence-corrected chi connectivity index (χ1v) is 6.67. The van der Waals surface area contributed by atoms with Crippen LogP contribution in [0.25, 0.3) is 0 Å². The molecule has 0 amide bonds. The summed E-state index contributed by atoms with van der Waals surface area (Å²) in [5, 5.41) is 7.51. The number of hydrogen-bond acceptors (Lipinski definition) is 2. The Kier molecular flexibility index (Phi) is 4.07. The number of nitrogens with one attached hydrogen (secondary N) is 2. The number of rotatable bonds is 3. The Morgan fingerprint density at radius 2 is 1.44 bits per heavy atom. The van der Waals surface area contributed by atoms with Crippen molar-refractivity contribution >= 4 is 0 Å². The van der Waals surface area contributed by atoms with E-state index in [1.165, 1.54) is 12.8 Å². The second-order valence-electron chi connectivity index (χ2n) is 7.20. The first kappa shape index (κ1) is 14.0. The Bertz CT molecular complexity index is 215. The molecule has 2 heteroatoms. The van der Waals surface area contributed by atoms with Crippen LogP contribution >= 0.6 is 0 Å². The quantitative estimate of drug-likeness (QED) is 0.773. The molecule has 1 atom stereocenters. The van der Waals surface area contributed by atoms with Crippen molar-refractivity contribution in [2.24, 2.45) is 5.92 Å². The molecule has 1 fully saturated rings. The van der Waals surface area contributed by atoms with Gasteiger partial charge in [0.1, 0.15) is 0 Å². The maximum Gasteiger partial charge on any atom is 0.0144 e. The Morgan fingerprint density at radius 1 is 1.00 bits per heavy atom. The Balaban J connectivity index is 2.61. The molecule has 2 nitrogen and oxygen atoms in total. The third kappa shape index (κ3) is 4.06. The van der Waals surface area contributed by atoms with E-state index in [1.807, 2.05) is 0 Å². The predicted octanol–water partition coefficient (Wildman–Crippen LogP) is 2.93. The highest BCUT2D eigenvalue weighted by Gasteiger charge is 2.37. The van der Waals surface area contributed by atoms with Gasteiger partial charge in [-0.15, -0.1) is 0 Å². The van der Waals surface area contributed by atoms with Crippen LogP contribution in [0.15, 0.2) is 0 Å². The van der Waals surface area contributed by atoms with Gasteiger partial charge in [-0.3, -0.25) is 0 Å². The molecule has 0 spiro atoms. The lowest BCUT2D eigenvalue weighted by atomic mass is 9.79. The van der Waals surface area contributed by atoms with Crippen molar-refractivity contribution < 1.29 is 0 Å². The zero-order valence-electron chi connectivity index (χ0n) is 12.1. The third-order valence-corrected chi connectivity index (χ3v) is 3.69. The SMILES string of the molecule is CC(C)C(C)NC1CC(C)(C)NC(C)(C)C1. The van der Waals surface area contributed by atoms with Crippen molar-refractivity contribution in [1.82, 2.24) is 10.6 Å². The number of hydrogen-bond donors (Lipinski definition) is 2. The average Bonchev–Trinajstić information content (AvgIpc) is 1.96. The molecule has 0 radical (unpaired) electrons. The van der Waals surface area contributed by atoms with E-state index >= 15 is 0 Å². The van der Waals surface area contributed by atoms with Crippen molar-refractivity contribution in [3.8, 4) is 0 Å². The van der Waals surface area contributed by atoms with Crippen molar-refractivity contribution in [1.29, 1.82) is 0 Å². The molecule has 0 bridgehead atoms. The van der Waals surface area contributed by atoms with Gasteiger partial charge in [0.05, 0.1) is 0 Å². The monoisotopic (exact) mass is 226 g/mol. The van der Waals surface area contributed by atoms with E-state index < -0.39 is 0 Å². The maximum absolute atomic E-state index is 3.79. The van der Waals surface area contributed by atoms with Crippen LogP contribution < -0.4 is 10.6 Å². The highest BCUT2D eigenvalue weighted by molar-refractivity contribution is 5.00. The lowest BCUT2D eigenvalue weighted by Crippen LogP contribution is -2.62. The summed E-state index contributed by atoms with van der Waals surface area (Å²) in [5.74, 6) is 0.709. The minimum Gasteiger partial charge on any atom is -0.311 e. The number of piperidine rings is 1. The van der Waals surface area contributed by atoms with Crippen molar-refractivity contribution in [3.05, 3.63) is 0 Å². The van der Waals surface area contributed by atoms with Crippen LogP contribution in [0.5, 0.6) is 0 Å². The van der Waals surface area contributed by atoms with Gasteiger partial charge in [0.2, 0.25) is 0 Å². The lowest BCUT2D eigenvalue weighted by molar-refractivity contribution is 0.136. The maximum atomic E-state index is 3.79. The summed E-state index contributed by atoms with van der Waals surface area (Å²) in [6.45, 7) is 16.1. The van der Waals surface area contributed by atoms with E-state index in [2.05, 4.69) is 59.1 Å².